The van der Waals surface area contributed by atoms with Crippen molar-refractivity contribution in [3.8, 4) is 0 Å². The molecule has 0 fully saturated rings. The summed E-state index contributed by atoms with van der Waals surface area (Å²) >= 11 is 0. The maximum absolute atomic E-state index is 4.47. The van der Waals surface area contributed by atoms with E-state index in [9.17, 15) is 0 Å². The molecular weight excluding hydrogens is 210 g/mol. The summed E-state index contributed by atoms with van der Waals surface area (Å²) in [6.07, 6.45) is 6.36. The summed E-state index contributed by atoms with van der Waals surface area (Å²) in [5, 5.41) is 3.62. The van der Waals surface area contributed by atoms with E-state index in [-0.39, 0.29) is 0 Å². The van der Waals surface area contributed by atoms with Crippen LogP contribution in [0.1, 0.15) is 65.2 Å². The lowest BCUT2D eigenvalue weighted by Crippen LogP contribution is -2.36. The summed E-state index contributed by atoms with van der Waals surface area (Å²) in [5.74, 6) is 1.67. The number of aromatic nitrogens is 2. The van der Waals surface area contributed by atoms with Crippen molar-refractivity contribution in [1.29, 1.82) is 0 Å². The second-order valence-corrected chi connectivity index (χ2v) is 5.06. The van der Waals surface area contributed by atoms with E-state index in [2.05, 4.69) is 55.7 Å². The van der Waals surface area contributed by atoms with Crippen LogP contribution in [0.3, 0.4) is 0 Å². The first-order valence-corrected chi connectivity index (χ1v) is 6.87. The molecule has 2 atom stereocenters. The topological polar surface area (TPSA) is 29.9 Å². The molecule has 98 valence electrons. The van der Waals surface area contributed by atoms with Gasteiger partial charge in [0.05, 0.1) is 0 Å². The highest BCUT2D eigenvalue weighted by molar-refractivity contribution is 5.01. The van der Waals surface area contributed by atoms with E-state index < -0.39 is 0 Å². The fourth-order valence-corrected chi connectivity index (χ4v) is 2.30. The Morgan fingerprint density at radius 1 is 1.29 bits per heavy atom. The zero-order valence-electron chi connectivity index (χ0n) is 11.9. The van der Waals surface area contributed by atoms with Crippen molar-refractivity contribution < 1.29 is 0 Å². The normalized spacial score (nSPS) is 15.2. The Hall–Kier alpha value is -0.830. The van der Waals surface area contributed by atoms with Gasteiger partial charge in [0.25, 0.3) is 0 Å². The van der Waals surface area contributed by atoms with E-state index in [0.29, 0.717) is 18.0 Å². The summed E-state index contributed by atoms with van der Waals surface area (Å²) in [7, 11) is 0. The molecule has 3 nitrogen and oxygen atoms in total. The molecular formula is C14H27N3. The van der Waals surface area contributed by atoms with Crippen LogP contribution < -0.4 is 5.32 Å². The summed E-state index contributed by atoms with van der Waals surface area (Å²) in [4.78, 5) is 4.47. The molecule has 2 unspecified atom stereocenters. The molecule has 3 heteroatoms. The van der Waals surface area contributed by atoms with Gasteiger partial charge in [0.2, 0.25) is 0 Å². The highest BCUT2D eigenvalue weighted by Crippen LogP contribution is 2.20. The van der Waals surface area contributed by atoms with Crippen LogP contribution in [0.25, 0.3) is 0 Å². The largest absolute Gasteiger partial charge is 0.330 e. The second-order valence-electron chi connectivity index (χ2n) is 5.06. The Morgan fingerprint density at radius 3 is 2.53 bits per heavy atom. The van der Waals surface area contributed by atoms with Crippen molar-refractivity contribution in [1.82, 2.24) is 14.9 Å². The lowest BCUT2D eigenvalue weighted by molar-refractivity contribution is 0.351. The van der Waals surface area contributed by atoms with Crippen LogP contribution in [-0.2, 0) is 0 Å². The average molecular weight is 237 g/mol. The summed E-state index contributed by atoms with van der Waals surface area (Å²) in [6, 6.07) is 0.994. The third kappa shape index (κ3) is 3.56. The minimum absolute atomic E-state index is 0.464. The smallest absolute Gasteiger partial charge is 0.111 e. The summed E-state index contributed by atoms with van der Waals surface area (Å²) in [6.45, 7) is 12.2. The fraction of sp³-hybridized carbons (Fsp3) is 0.786. The number of rotatable bonds is 7. The molecule has 17 heavy (non-hydrogen) atoms. The van der Waals surface area contributed by atoms with Crippen LogP contribution in [0.5, 0.6) is 0 Å². The summed E-state index contributed by atoms with van der Waals surface area (Å²) in [5.41, 5.74) is 0. The minimum Gasteiger partial charge on any atom is -0.330 e. The van der Waals surface area contributed by atoms with Crippen molar-refractivity contribution in [2.75, 3.05) is 6.54 Å². The van der Waals surface area contributed by atoms with Crippen molar-refractivity contribution in [2.24, 2.45) is 0 Å². The van der Waals surface area contributed by atoms with Gasteiger partial charge < -0.3 is 9.88 Å². The van der Waals surface area contributed by atoms with E-state index in [1.807, 2.05) is 6.20 Å². The molecule has 1 rings (SSSR count). The van der Waals surface area contributed by atoms with E-state index in [0.717, 1.165) is 13.0 Å². The summed E-state index contributed by atoms with van der Waals surface area (Å²) < 4.78 is 2.32. The standard InChI is InChI=1S/C14H27N3/c1-6-8-15-13(7-2)12(5)17-10-9-16-14(17)11(3)4/h9-13,15H,6-8H2,1-5H3. The zero-order valence-corrected chi connectivity index (χ0v) is 11.9. The van der Waals surface area contributed by atoms with Crippen LogP contribution in [0, 0.1) is 0 Å². The molecule has 0 saturated carbocycles. The molecule has 1 aromatic heterocycles. The lowest BCUT2D eigenvalue weighted by atomic mass is 10.1. The molecule has 0 radical (unpaired) electrons. The predicted octanol–water partition coefficient (Wildman–Crippen LogP) is 3.35. The molecule has 0 amide bonds. The van der Waals surface area contributed by atoms with Crippen LogP contribution in [-0.4, -0.2) is 22.1 Å². The number of imidazole rings is 1. The van der Waals surface area contributed by atoms with E-state index >= 15 is 0 Å². The molecule has 0 aliphatic heterocycles. The van der Waals surface area contributed by atoms with Gasteiger partial charge in [0, 0.05) is 30.4 Å². The van der Waals surface area contributed by atoms with Crippen molar-refractivity contribution in [3.63, 3.8) is 0 Å². The maximum Gasteiger partial charge on any atom is 0.111 e. The Bertz CT molecular complexity index is 317. The predicted molar refractivity (Wildman–Crippen MR) is 73.4 cm³/mol. The average Bonchev–Trinajstić information content (AvgIpc) is 2.78. The SMILES string of the molecule is CCCNC(CC)C(C)n1ccnc1C(C)C. The molecule has 0 aliphatic rings. The van der Waals surface area contributed by atoms with Crippen LogP contribution in [0.15, 0.2) is 12.4 Å². The van der Waals surface area contributed by atoms with Gasteiger partial charge in [-0.2, -0.15) is 0 Å². The van der Waals surface area contributed by atoms with Gasteiger partial charge in [-0.1, -0.05) is 27.7 Å². The van der Waals surface area contributed by atoms with Gasteiger partial charge in [0.1, 0.15) is 5.82 Å². The molecule has 0 bridgehead atoms. The highest BCUT2D eigenvalue weighted by atomic mass is 15.1. The lowest BCUT2D eigenvalue weighted by Gasteiger charge is -2.27. The van der Waals surface area contributed by atoms with Crippen LogP contribution in [0.4, 0.5) is 0 Å². The molecule has 0 aliphatic carbocycles. The Kier molecular flexibility index (Phi) is 5.69. The molecule has 0 aromatic carbocycles. The van der Waals surface area contributed by atoms with Crippen molar-refractivity contribution in [2.45, 2.75) is 65.5 Å². The van der Waals surface area contributed by atoms with Gasteiger partial charge in [-0.05, 0) is 26.3 Å². The molecule has 1 aromatic rings. The zero-order chi connectivity index (χ0) is 12.8. The number of nitrogens with one attached hydrogen (secondary N) is 1. The first-order valence-electron chi connectivity index (χ1n) is 6.87. The quantitative estimate of drug-likeness (QED) is 0.788. The van der Waals surface area contributed by atoms with Crippen LogP contribution >= 0.6 is 0 Å². The number of hydrogen-bond donors (Lipinski definition) is 1. The third-order valence-corrected chi connectivity index (χ3v) is 3.33. The Morgan fingerprint density at radius 2 is 2.00 bits per heavy atom. The first kappa shape index (κ1) is 14.2. The second kappa shape index (κ2) is 6.80. The van der Waals surface area contributed by atoms with E-state index in [1.165, 1.54) is 12.2 Å². The van der Waals surface area contributed by atoms with Crippen LogP contribution in [0.2, 0.25) is 0 Å². The monoisotopic (exact) mass is 237 g/mol. The molecule has 0 saturated heterocycles. The fourth-order valence-electron chi connectivity index (χ4n) is 2.30. The minimum atomic E-state index is 0.464. The third-order valence-electron chi connectivity index (χ3n) is 3.33. The van der Waals surface area contributed by atoms with Crippen molar-refractivity contribution in [3.05, 3.63) is 18.2 Å². The van der Waals surface area contributed by atoms with Crippen molar-refractivity contribution >= 4 is 0 Å². The van der Waals surface area contributed by atoms with Gasteiger partial charge in [-0.3, -0.25) is 0 Å². The van der Waals surface area contributed by atoms with Gasteiger partial charge in [-0.15, -0.1) is 0 Å². The molecule has 1 heterocycles. The molecule has 1 N–H and O–H groups in total. The first-order chi connectivity index (χ1) is 8.11. The highest BCUT2D eigenvalue weighted by Gasteiger charge is 2.19. The van der Waals surface area contributed by atoms with E-state index in [1.54, 1.807) is 0 Å². The number of hydrogen-bond acceptors (Lipinski definition) is 2. The van der Waals surface area contributed by atoms with E-state index in [4.69, 9.17) is 0 Å². The molecule has 0 spiro atoms. The van der Waals surface area contributed by atoms with Gasteiger partial charge in [-0.25, -0.2) is 4.98 Å². The Labute approximate surface area is 106 Å². The maximum atomic E-state index is 4.47. The van der Waals surface area contributed by atoms with Gasteiger partial charge >= 0.3 is 0 Å². The number of nitrogens with zero attached hydrogens (tertiary/aromatic N) is 2. The Balaban J connectivity index is 2.78. The van der Waals surface area contributed by atoms with Gasteiger partial charge in [0.15, 0.2) is 0 Å².